The number of rotatable bonds is 4. The Kier molecular flexibility index (Phi) is 3.62. The first-order chi connectivity index (χ1) is 7.79. The molecule has 3 N–H and O–H groups in total. The molecule has 1 aromatic rings. The minimum Gasteiger partial charge on any atom is -0.506 e. The molecule has 0 radical (unpaired) electrons. The van der Waals surface area contributed by atoms with Gasteiger partial charge in [0.2, 0.25) is 0 Å². The lowest BCUT2D eigenvalue weighted by Crippen LogP contribution is -2.29. The van der Waals surface area contributed by atoms with E-state index in [1.807, 2.05) is 0 Å². The second-order valence-electron chi connectivity index (χ2n) is 4.16. The molecule has 4 heteroatoms. The van der Waals surface area contributed by atoms with Gasteiger partial charge in [0.15, 0.2) is 0 Å². The first kappa shape index (κ1) is 11.2. The van der Waals surface area contributed by atoms with Crippen LogP contribution < -0.4 is 10.6 Å². The van der Waals surface area contributed by atoms with E-state index in [9.17, 15) is 9.50 Å². The number of hydrogen-bond donors (Lipinski definition) is 3. The van der Waals surface area contributed by atoms with Crippen LogP contribution in [0.25, 0.3) is 0 Å². The zero-order valence-corrected chi connectivity index (χ0v) is 9.17. The Morgan fingerprint density at radius 1 is 1.50 bits per heavy atom. The van der Waals surface area contributed by atoms with E-state index in [0.717, 1.165) is 19.5 Å². The molecule has 1 heterocycles. The van der Waals surface area contributed by atoms with Crippen LogP contribution in [0.4, 0.5) is 10.1 Å². The molecule has 0 aliphatic carbocycles. The zero-order valence-electron chi connectivity index (χ0n) is 9.17. The van der Waals surface area contributed by atoms with Gasteiger partial charge in [-0.15, -0.1) is 0 Å². The van der Waals surface area contributed by atoms with Crippen LogP contribution in [0.2, 0.25) is 0 Å². The molecule has 1 saturated heterocycles. The summed E-state index contributed by atoms with van der Waals surface area (Å²) in [4.78, 5) is 0. The van der Waals surface area contributed by atoms with Crippen molar-refractivity contribution in [3.05, 3.63) is 23.8 Å². The van der Waals surface area contributed by atoms with Crippen molar-refractivity contribution in [2.75, 3.05) is 18.4 Å². The first-order valence-corrected chi connectivity index (χ1v) is 5.64. The number of hydrogen-bond acceptors (Lipinski definition) is 3. The Balaban J connectivity index is 1.93. The van der Waals surface area contributed by atoms with E-state index in [1.54, 1.807) is 12.1 Å². The predicted octanol–water partition coefficient (Wildman–Crippen LogP) is 2.03. The first-order valence-electron chi connectivity index (χ1n) is 5.64. The summed E-state index contributed by atoms with van der Waals surface area (Å²) in [6.45, 7) is 1.32. The van der Waals surface area contributed by atoms with Crippen LogP contribution in [0.1, 0.15) is 18.4 Å². The molecule has 1 aliphatic heterocycles. The number of aromatic hydroxyl groups is 1. The normalized spacial score (nSPS) is 19.9. The van der Waals surface area contributed by atoms with Gasteiger partial charge in [0.1, 0.15) is 12.4 Å². The summed E-state index contributed by atoms with van der Waals surface area (Å²) in [6.07, 6.45) is 2.37. The zero-order chi connectivity index (χ0) is 11.4. The summed E-state index contributed by atoms with van der Waals surface area (Å²) in [5.74, 6) is 0.119. The van der Waals surface area contributed by atoms with Crippen molar-refractivity contribution >= 4 is 5.69 Å². The lowest BCUT2D eigenvalue weighted by molar-refractivity contribution is 0.464. The van der Waals surface area contributed by atoms with Crippen molar-refractivity contribution in [1.82, 2.24) is 5.32 Å². The van der Waals surface area contributed by atoms with Crippen LogP contribution in [0.3, 0.4) is 0 Å². The smallest absolute Gasteiger partial charge is 0.139 e. The molecule has 1 aromatic carbocycles. The maximum Gasteiger partial charge on any atom is 0.139 e. The maximum absolute atomic E-state index is 12.3. The number of anilines is 1. The second kappa shape index (κ2) is 5.16. The summed E-state index contributed by atoms with van der Waals surface area (Å²) < 4.78 is 12.3. The third kappa shape index (κ3) is 2.64. The molecule has 0 aromatic heterocycles. The van der Waals surface area contributed by atoms with Gasteiger partial charge in [-0.25, -0.2) is 4.39 Å². The van der Waals surface area contributed by atoms with Crippen molar-refractivity contribution in [1.29, 1.82) is 0 Å². The van der Waals surface area contributed by atoms with Crippen LogP contribution in [-0.4, -0.2) is 24.2 Å². The Morgan fingerprint density at radius 2 is 2.38 bits per heavy atom. The molecule has 88 valence electrons. The highest BCUT2D eigenvalue weighted by molar-refractivity contribution is 5.56. The van der Waals surface area contributed by atoms with E-state index in [1.165, 1.54) is 12.5 Å². The second-order valence-corrected chi connectivity index (χ2v) is 4.16. The topological polar surface area (TPSA) is 44.3 Å². The van der Waals surface area contributed by atoms with E-state index < -0.39 is 6.67 Å². The van der Waals surface area contributed by atoms with Crippen LogP contribution in [0.15, 0.2) is 18.2 Å². The molecule has 0 spiro atoms. The van der Waals surface area contributed by atoms with Crippen LogP contribution in [0.5, 0.6) is 5.75 Å². The van der Waals surface area contributed by atoms with Gasteiger partial charge < -0.3 is 15.7 Å². The number of alkyl halides is 1. The maximum atomic E-state index is 12.3. The Hall–Kier alpha value is -1.29. The molecule has 2 rings (SSSR count). The number of phenols is 1. The fourth-order valence-electron chi connectivity index (χ4n) is 1.97. The van der Waals surface area contributed by atoms with Crippen molar-refractivity contribution in [2.24, 2.45) is 0 Å². The summed E-state index contributed by atoms with van der Waals surface area (Å²) >= 11 is 0. The molecule has 1 atom stereocenters. The van der Waals surface area contributed by atoms with Crippen LogP contribution in [0, 0.1) is 0 Å². The van der Waals surface area contributed by atoms with E-state index in [4.69, 9.17) is 0 Å². The average molecular weight is 224 g/mol. The molecule has 1 unspecified atom stereocenters. The fourth-order valence-corrected chi connectivity index (χ4v) is 1.97. The summed E-state index contributed by atoms with van der Waals surface area (Å²) in [7, 11) is 0. The van der Waals surface area contributed by atoms with Gasteiger partial charge in [-0.1, -0.05) is 6.07 Å². The third-order valence-corrected chi connectivity index (χ3v) is 2.92. The summed E-state index contributed by atoms with van der Waals surface area (Å²) in [5.41, 5.74) is 1.17. The van der Waals surface area contributed by atoms with Gasteiger partial charge in [0.05, 0.1) is 5.69 Å². The Morgan fingerprint density at radius 3 is 3.00 bits per heavy atom. The largest absolute Gasteiger partial charge is 0.506 e. The summed E-state index contributed by atoms with van der Waals surface area (Å²) in [5, 5.41) is 16.2. The number of nitrogens with one attached hydrogen (secondary N) is 2. The SMILES string of the molecule is Oc1cc(CF)ccc1NCC1CCCN1. The number of benzene rings is 1. The minimum absolute atomic E-state index is 0.119. The van der Waals surface area contributed by atoms with Crippen molar-refractivity contribution in [2.45, 2.75) is 25.6 Å². The van der Waals surface area contributed by atoms with E-state index in [0.29, 0.717) is 17.3 Å². The fraction of sp³-hybridized carbons (Fsp3) is 0.500. The highest BCUT2D eigenvalue weighted by atomic mass is 19.1. The van der Waals surface area contributed by atoms with E-state index >= 15 is 0 Å². The van der Waals surface area contributed by atoms with Gasteiger partial charge in [0, 0.05) is 12.6 Å². The van der Waals surface area contributed by atoms with Crippen LogP contribution in [-0.2, 0) is 6.67 Å². The van der Waals surface area contributed by atoms with E-state index in [2.05, 4.69) is 10.6 Å². The molecule has 0 amide bonds. The van der Waals surface area contributed by atoms with Crippen molar-refractivity contribution in [3.8, 4) is 5.75 Å². The van der Waals surface area contributed by atoms with Gasteiger partial charge in [-0.3, -0.25) is 0 Å². The van der Waals surface area contributed by atoms with Gasteiger partial charge in [-0.2, -0.15) is 0 Å². The third-order valence-electron chi connectivity index (χ3n) is 2.92. The lowest BCUT2D eigenvalue weighted by Gasteiger charge is -2.13. The number of phenolic OH excluding ortho intramolecular Hbond substituents is 1. The molecule has 3 nitrogen and oxygen atoms in total. The molecule has 1 aliphatic rings. The molecule has 0 saturated carbocycles. The van der Waals surface area contributed by atoms with Crippen LogP contribution >= 0.6 is 0 Å². The Labute approximate surface area is 94.7 Å². The van der Waals surface area contributed by atoms with Crippen molar-refractivity contribution < 1.29 is 9.50 Å². The van der Waals surface area contributed by atoms with Gasteiger partial charge in [0.25, 0.3) is 0 Å². The average Bonchev–Trinajstić information content (AvgIpc) is 2.80. The number of halogens is 1. The minimum atomic E-state index is -0.544. The predicted molar refractivity (Wildman–Crippen MR) is 62.4 cm³/mol. The van der Waals surface area contributed by atoms with Gasteiger partial charge >= 0.3 is 0 Å². The van der Waals surface area contributed by atoms with Crippen molar-refractivity contribution in [3.63, 3.8) is 0 Å². The molecular formula is C12H17FN2O. The Bertz CT molecular complexity index is 351. The van der Waals surface area contributed by atoms with Gasteiger partial charge in [-0.05, 0) is 37.1 Å². The quantitative estimate of drug-likeness (QED) is 0.686. The standard InChI is InChI=1S/C12H17FN2O/c13-7-9-3-4-11(12(16)6-9)15-8-10-2-1-5-14-10/h3-4,6,10,14-16H,1-2,5,7-8H2. The monoisotopic (exact) mass is 224 g/mol. The molecule has 16 heavy (non-hydrogen) atoms. The molecule has 0 bridgehead atoms. The lowest BCUT2D eigenvalue weighted by atomic mass is 10.2. The van der Waals surface area contributed by atoms with E-state index in [-0.39, 0.29) is 5.75 Å². The molecule has 1 fully saturated rings. The molecular weight excluding hydrogens is 207 g/mol. The highest BCUT2D eigenvalue weighted by Gasteiger charge is 2.13. The summed E-state index contributed by atoms with van der Waals surface area (Å²) in [6, 6.07) is 5.34. The highest BCUT2D eigenvalue weighted by Crippen LogP contribution is 2.24.